The van der Waals surface area contributed by atoms with Crippen molar-refractivity contribution < 1.29 is 14.2 Å². The van der Waals surface area contributed by atoms with Crippen LogP contribution in [0.5, 0.6) is 17.5 Å². The summed E-state index contributed by atoms with van der Waals surface area (Å²) in [6.07, 6.45) is 24.1. The molecule has 12 fully saturated rings. The highest BCUT2D eigenvalue weighted by atomic mass is 16.5. The van der Waals surface area contributed by atoms with Gasteiger partial charge in [-0.05, 0) is 169 Å². The lowest BCUT2D eigenvalue weighted by molar-refractivity contribution is -0.116. The minimum absolute atomic E-state index is 0.000976. The van der Waals surface area contributed by atoms with E-state index in [1.165, 1.54) is 116 Å². The van der Waals surface area contributed by atoms with Crippen LogP contribution in [0.25, 0.3) is 0 Å². The van der Waals surface area contributed by atoms with Crippen molar-refractivity contribution in [1.29, 1.82) is 0 Å². The lowest BCUT2D eigenvalue weighted by atomic mass is 9.54. The number of hydrogen-bond acceptors (Lipinski definition) is 4. The van der Waals surface area contributed by atoms with Gasteiger partial charge in [0.15, 0.2) is 0 Å². The predicted octanol–water partition coefficient (Wildman–Crippen LogP) is 8.12. The smallest absolute Gasteiger partial charge is 0.220 e. The Bertz CT molecular complexity index is 911. The van der Waals surface area contributed by atoms with Crippen molar-refractivity contribution in [3.05, 3.63) is 12.1 Å². The summed E-state index contributed by atoms with van der Waals surface area (Å²) >= 11 is 0. The van der Waals surface area contributed by atoms with Crippen molar-refractivity contribution in [3.63, 3.8) is 0 Å². The zero-order valence-electron chi connectivity index (χ0n) is 23.8. The Morgan fingerprint density at radius 2 is 0.667 bits per heavy atom. The molecule has 1 aromatic heterocycles. The Labute approximate surface area is 234 Å². The minimum Gasteiger partial charge on any atom is -0.487 e. The van der Waals surface area contributed by atoms with Crippen molar-refractivity contribution >= 4 is 0 Å². The van der Waals surface area contributed by atoms with Crippen molar-refractivity contribution in [2.45, 2.75) is 132 Å². The standard InChI is InChI=1S/C35H47NO3/c1-21-2-23-3-22(1)13-33(12-21,14-23)37-30-10-31(38-34-15-24-4-25(16-34)6-26(5-24)17-34)36-32(11-30)39-35-18-27-7-28(19-35)9-29(8-27)20-35/h10-11,21-29H,1-9,12-20H2. The molecule has 0 unspecified atom stereocenters. The van der Waals surface area contributed by atoms with E-state index in [-0.39, 0.29) is 16.8 Å². The second-order valence-corrected chi connectivity index (χ2v) is 17.1. The van der Waals surface area contributed by atoms with Gasteiger partial charge in [0.05, 0.1) is 0 Å². The molecule has 0 amide bonds. The van der Waals surface area contributed by atoms with Gasteiger partial charge in [0.1, 0.15) is 22.6 Å². The van der Waals surface area contributed by atoms with Gasteiger partial charge in [-0.25, -0.2) is 0 Å². The summed E-state index contributed by atoms with van der Waals surface area (Å²) in [6, 6.07) is 4.34. The molecule has 12 bridgehead atoms. The molecule has 0 radical (unpaired) electrons. The SMILES string of the molecule is c1c(OC23CC4CC(CC(C4)C2)C3)cc(OC23CC4CC(CC(C4)C2)C3)nc1OC12CC3CC(CC(C3)C1)C2. The van der Waals surface area contributed by atoms with Crippen molar-refractivity contribution in [2.24, 2.45) is 53.3 Å². The molecule has 0 aliphatic heterocycles. The van der Waals surface area contributed by atoms with Crippen LogP contribution in [-0.2, 0) is 0 Å². The highest BCUT2D eigenvalue weighted by Gasteiger charge is 2.55. The van der Waals surface area contributed by atoms with Gasteiger partial charge in [-0.15, -0.1) is 0 Å². The largest absolute Gasteiger partial charge is 0.487 e. The third-order valence-electron chi connectivity index (χ3n) is 13.7. The van der Waals surface area contributed by atoms with Gasteiger partial charge < -0.3 is 14.2 Å². The van der Waals surface area contributed by atoms with E-state index < -0.39 is 0 Å². The Morgan fingerprint density at radius 1 is 0.410 bits per heavy atom. The van der Waals surface area contributed by atoms with Crippen LogP contribution in [0.4, 0.5) is 0 Å². The van der Waals surface area contributed by atoms with Crippen LogP contribution in [0, 0.1) is 53.3 Å². The molecule has 1 heterocycles. The summed E-state index contributed by atoms with van der Waals surface area (Å²) < 4.78 is 21.3. The molecule has 4 nitrogen and oxygen atoms in total. The van der Waals surface area contributed by atoms with Crippen LogP contribution in [0.1, 0.15) is 116 Å². The van der Waals surface area contributed by atoms with Crippen LogP contribution in [0.15, 0.2) is 12.1 Å². The first-order chi connectivity index (χ1) is 18.9. The molecule has 4 heteroatoms. The van der Waals surface area contributed by atoms with E-state index in [9.17, 15) is 0 Å². The van der Waals surface area contributed by atoms with Gasteiger partial charge in [0.2, 0.25) is 11.8 Å². The molecule has 12 saturated carbocycles. The summed E-state index contributed by atoms with van der Waals surface area (Å²) in [5.41, 5.74) is 0.0318. The third-order valence-corrected chi connectivity index (χ3v) is 13.7. The fourth-order valence-corrected chi connectivity index (χ4v) is 13.8. The van der Waals surface area contributed by atoms with E-state index in [4.69, 9.17) is 19.2 Å². The molecular formula is C35H47NO3. The molecule has 0 aromatic carbocycles. The van der Waals surface area contributed by atoms with Crippen molar-refractivity contribution in [1.82, 2.24) is 4.98 Å². The monoisotopic (exact) mass is 529 g/mol. The van der Waals surface area contributed by atoms with E-state index in [0.717, 1.165) is 70.8 Å². The Morgan fingerprint density at radius 3 is 0.949 bits per heavy atom. The molecule has 1 aromatic rings. The molecular weight excluding hydrogens is 482 g/mol. The van der Waals surface area contributed by atoms with Crippen LogP contribution in [0.3, 0.4) is 0 Å². The summed E-state index contributed by atoms with van der Waals surface area (Å²) in [5, 5.41) is 0. The number of pyridine rings is 1. The molecule has 0 N–H and O–H groups in total. The second kappa shape index (κ2) is 7.88. The van der Waals surface area contributed by atoms with Crippen LogP contribution >= 0.6 is 0 Å². The summed E-state index contributed by atoms with van der Waals surface area (Å²) in [4.78, 5) is 5.16. The number of rotatable bonds is 6. The first-order valence-electron chi connectivity index (χ1n) is 17.0. The van der Waals surface area contributed by atoms with Gasteiger partial charge in [0, 0.05) is 12.1 Å². The number of nitrogens with zero attached hydrogens (tertiary/aromatic N) is 1. The zero-order chi connectivity index (χ0) is 25.4. The predicted molar refractivity (Wildman–Crippen MR) is 149 cm³/mol. The zero-order valence-corrected chi connectivity index (χ0v) is 23.8. The van der Waals surface area contributed by atoms with Gasteiger partial charge in [-0.1, -0.05) is 0 Å². The highest BCUT2D eigenvalue weighted by molar-refractivity contribution is 5.35. The average Bonchev–Trinajstić information content (AvgIpc) is 2.80. The van der Waals surface area contributed by atoms with Crippen molar-refractivity contribution in [2.75, 3.05) is 0 Å². The molecule has 12 aliphatic carbocycles. The van der Waals surface area contributed by atoms with Gasteiger partial charge in [0.25, 0.3) is 0 Å². The number of aromatic nitrogens is 1. The normalized spacial score (nSPS) is 53.4. The van der Waals surface area contributed by atoms with E-state index in [0.29, 0.717) is 0 Å². The van der Waals surface area contributed by atoms with Gasteiger partial charge in [-0.2, -0.15) is 4.98 Å². The van der Waals surface area contributed by atoms with E-state index >= 15 is 0 Å². The lowest BCUT2D eigenvalue weighted by Crippen LogP contribution is -2.54. The second-order valence-electron chi connectivity index (χ2n) is 17.1. The van der Waals surface area contributed by atoms with Gasteiger partial charge >= 0.3 is 0 Å². The van der Waals surface area contributed by atoms with E-state index in [1.807, 2.05) is 0 Å². The molecule has 39 heavy (non-hydrogen) atoms. The molecule has 12 aliphatic rings. The topological polar surface area (TPSA) is 40.6 Å². The van der Waals surface area contributed by atoms with E-state index in [2.05, 4.69) is 12.1 Å². The summed E-state index contributed by atoms with van der Waals surface area (Å²) in [6.45, 7) is 0. The first kappa shape index (κ1) is 23.1. The Kier molecular flexibility index (Phi) is 4.68. The quantitative estimate of drug-likeness (QED) is 0.373. The fraction of sp³-hybridized carbons (Fsp3) is 0.857. The summed E-state index contributed by atoms with van der Waals surface area (Å²) in [5.74, 6) is 10.4. The van der Waals surface area contributed by atoms with Gasteiger partial charge in [-0.3, -0.25) is 0 Å². The summed E-state index contributed by atoms with van der Waals surface area (Å²) in [7, 11) is 0. The van der Waals surface area contributed by atoms with Crippen molar-refractivity contribution in [3.8, 4) is 17.5 Å². The minimum atomic E-state index is -0.000976. The molecule has 0 spiro atoms. The van der Waals surface area contributed by atoms with E-state index in [1.54, 1.807) is 0 Å². The van der Waals surface area contributed by atoms with Crippen LogP contribution < -0.4 is 14.2 Å². The lowest BCUT2D eigenvalue weighted by Gasteiger charge is -2.56. The molecule has 0 atom stereocenters. The van der Waals surface area contributed by atoms with Crippen LogP contribution in [-0.4, -0.2) is 21.8 Å². The fourth-order valence-electron chi connectivity index (χ4n) is 13.8. The maximum atomic E-state index is 7.14. The number of hydrogen-bond donors (Lipinski definition) is 0. The highest BCUT2D eigenvalue weighted by Crippen LogP contribution is 2.60. The van der Waals surface area contributed by atoms with Crippen LogP contribution in [0.2, 0.25) is 0 Å². The molecule has 13 rings (SSSR count). The Hall–Kier alpha value is -1.45. The first-order valence-corrected chi connectivity index (χ1v) is 17.0. The maximum absolute atomic E-state index is 7.14. The molecule has 0 saturated heterocycles. The number of ether oxygens (including phenoxy) is 3. The maximum Gasteiger partial charge on any atom is 0.220 e. The average molecular weight is 530 g/mol. The third kappa shape index (κ3) is 3.84. The Balaban J connectivity index is 0.985. The molecule has 210 valence electrons.